The molecule has 1 heterocycles. The number of fused-ring (bicyclic) bond motifs is 1. The second-order valence-corrected chi connectivity index (χ2v) is 6.75. The summed E-state index contributed by atoms with van der Waals surface area (Å²) >= 11 is 0. The van der Waals surface area contributed by atoms with Gasteiger partial charge in [0.25, 0.3) is 17.6 Å². The summed E-state index contributed by atoms with van der Waals surface area (Å²) in [7, 11) is 0. The van der Waals surface area contributed by atoms with E-state index in [1.807, 2.05) is 12.1 Å². The molecule has 7 heteroatoms. The number of ether oxygens (including phenoxy) is 1. The van der Waals surface area contributed by atoms with Crippen LogP contribution < -0.4 is 10.2 Å². The lowest BCUT2D eigenvalue weighted by atomic mass is 10.1. The molecule has 0 radical (unpaired) electrons. The molecule has 0 saturated carbocycles. The highest BCUT2D eigenvalue weighted by Crippen LogP contribution is 2.28. The van der Waals surface area contributed by atoms with Gasteiger partial charge in [-0.15, -0.1) is 0 Å². The predicted molar refractivity (Wildman–Crippen MR) is 108 cm³/mol. The Morgan fingerprint density at radius 1 is 1.03 bits per heavy atom. The fourth-order valence-electron chi connectivity index (χ4n) is 3.06. The number of carbonyl (C=O) groups is 4. The number of aryl methyl sites for hydroxylation is 1. The normalized spacial score (nSPS) is 12.7. The van der Waals surface area contributed by atoms with Crippen LogP contribution in [0.4, 0.5) is 11.4 Å². The zero-order chi connectivity index (χ0) is 20.8. The van der Waals surface area contributed by atoms with Crippen molar-refractivity contribution >= 4 is 34.9 Å². The third-order valence-electron chi connectivity index (χ3n) is 4.59. The molecule has 29 heavy (non-hydrogen) atoms. The van der Waals surface area contributed by atoms with E-state index in [2.05, 4.69) is 12.2 Å². The van der Waals surface area contributed by atoms with Crippen LogP contribution in [0.1, 0.15) is 35.7 Å². The third-order valence-corrected chi connectivity index (χ3v) is 4.59. The molecule has 150 valence electrons. The van der Waals surface area contributed by atoms with Crippen molar-refractivity contribution in [2.45, 2.75) is 26.2 Å². The topological polar surface area (TPSA) is 92.8 Å². The molecule has 0 atom stereocenters. The largest absolute Gasteiger partial charge is 0.454 e. The molecule has 0 aliphatic carbocycles. The SMILES string of the molecule is CCCCc1ccc(NC(=O)COC(=O)CN2C(=O)C(=O)c3ccccc32)cc1. The van der Waals surface area contributed by atoms with Gasteiger partial charge in [-0.05, 0) is 42.7 Å². The predicted octanol–water partition coefficient (Wildman–Crippen LogP) is 2.74. The Labute approximate surface area is 168 Å². The van der Waals surface area contributed by atoms with E-state index >= 15 is 0 Å². The number of rotatable bonds is 8. The lowest BCUT2D eigenvalue weighted by Crippen LogP contribution is -2.36. The Balaban J connectivity index is 1.49. The first-order chi connectivity index (χ1) is 14.0. The smallest absolute Gasteiger partial charge is 0.326 e. The molecule has 7 nitrogen and oxygen atoms in total. The van der Waals surface area contributed by atoms with E-state index in [1.54, 1.807) is 30.3 Å². The van der Waals surface area contributed by atoms with Crippen LogP contribution in [0.25, 0.3) is 0 Å². The molecule has 1 aliphatic rings. The highest BCUT2D eigenvalue weighted by atomic mass is 16.5. The minimum absolute atomic E-state index is 0.255. The summed E-state index contributed by atoms with van der Waals surface area (Å²) in [6.07, 6.45) is 3.22. The summed E-state index contributed by atoms with van der Waals surface area (Å²) in [6, 6.07) is 13.9. The van der Waals surface area contributed by atoms with Crippen molar-refractivity contribution in [3.63, 3.8) is 0 Å². The Morgan fingerprint density at radius 3 is 2.48 bits per heavy atom. The lowest BCUT2D eigenvalue weighted by Gasteiger charge is -2.15. The zero-order valence-corrected chi connectivity index (χ0v) is 16.1. The van der Waals surface area contributed by atoms with E-state index in [0.717, 1.165) is 24.2 Å². The van der Waals surface area contributed by atoms with Gasteiger partial charge in [-0.25, -0.2) is 0 Å². The van der Waals surface area contributed by atoms with Crippen molar-refractivity contribution in [3.05, 3.63) is 59.7 Å². The minimum atomic E-state index is -0.782. The molecule has 2 aromatic rings. The van der Waals surface area contributed by atoms with Gasteiger partial charge in [0.2, 0.25) is 0 Å². The van der Waals surface area contributed by atoms with E-state index < -0.39 is 36.7 Å². The second-order valence-electron chi connectivity index (χ2n) is 6.75. The van der Waals surface area contributed by atoms with Crippen LogP contribution >= 0.6 is 0 Å². The van der Waals surface area contributed by atoms with Crippen molar-refractivity contribution in [1.82, 2.24) is 0 Å². The quantitative estimate of drug-likeness (QED) is 0.549. The van der Waals surface area contributed by atoms with Crippen molar-refractivity contribution in [1.29, 1.82) is 0 Å². The van der Waals surface area contributed by atoms with Crippen molar-refractivity contribution < 1.29 is 23.9 Å². The summed E-state index contributed by atoms with van der Waals surface area (Å²) in [5.74, 6) is -2.69. The molecule has 3 rings (SSSR count). The van der Waals surface area contributed by atoms with Gasteiger partial charge >= 0.3 is 5.97 Å². The Hall–Kier alpha value is -3.48. The average Bonchev–Trinajstić information content (AvgIpc) is 2.97. The van der Waals surface area contributed by atoms with Crippen molar-refractivity contribution in [2.75, 3.05) is 23.4 Å². The maximum absolute atomic E-state index is 12.1. The number of Topliss-reactive ketones (excluding diaryl/α,β-unsaturated/α-hetero) is 1. The molecule has 0 saturated heterocycles. The fraction of sp³-hybridized carbons (Fsp3) is 0.273. The number of hydrogen-bond donors (Lipinski definition) is 1. The van der Waals surface area contributed by atoms with Gasteiger partial charge < -0.3 is 10.1 Å². The van der Waals surface area contributed by atoms with Gasteiger partial charge in [-0.2, -0.15) is 0 Å². The number of nitrogens with one attached hydrogen (secondary N) is 1. The molecule has 0 fully saturated rings. The zero-order valence-electron chi connectivity index (χ0n) is 16.1. The van der Waals surface area contributed by atoms with E-state index in [9.17, 15) is 19.2 Å². The van der Waals surface area contributed by atoms with E-state index in [-0.39, 0.29) is 5.56 Å². The number of anilines is 2. The van der Waals surface area contributed by atoms with Crippen LogP contribution in [0.3, 0.4) is 0 Å². The lowest BCUT2D eigenvalue weighted by molar-refractivity contribution is -0.146. The molecular formula is C22H22N2O5. The number of ketones is 1. The van der Waals surface area contributed by atoms with Gasteiger partial charge in [0.05, 0.1) is 11.3 Å². The molecule has 0 bridgehead atoms. The van der Waals surface area contributed by atoms with Gasteiger partial charge in [0, 0.05) is 5.69 Å². The maximum atomic E-state index is 12.1. The van der Waals surface area contributed by atoms with E-state index in [0.29, 0.717) is 11.4 Å². The number of nitrogens with zero attached hydrogens (tertiary/aromatic N) is 1. The van der Waals surface area contributed by atoms with Gasteiger partial charge in [0.1, 0.15) is 6.54 Å². The number of hydrogen-bond acceptors (Lipinski definition) is 5. The van der Waals surface area contributed by atoms with Crippen LogP contribution in [-0.4, -0.2) is 36.7 Å². The van der Waals surface area contributed by atoms with Crippen LogP contribution in [0, 0.1) is 0 Å². The van der Waals surface area contributed by atoms with Gasteiger partial charge in [-0.3, -0.25) is 24.1 Å². The minimum Gasteiger partial charge on any atom is -0.454 e. The molecule has 0 unspecified atom stereocenters. The van der Waals surface area contributed by atoms with Crippen LogP contribution in [0.15, 0.2) is 48.5 Å². The standard InChI is InChI=1S/C22H22N2O5/c1-2-3-6-15-9-11-16(12-10-15)23-19(25)14-29-20(26)13-24-18-8-5-4-7-17(18)21(27)22(24)28/h4-5,7-12H,2-3,6,13-14H2,1H3,(H,23,25). The first kappa shape index (κ1) is 20.3. The number of para-hydroxylation sites is 1. The molecule has 0 spiro atoms. The summed E-state index contributed by atoms with van der Waals surface area (Å²) in [5.41, 5.74) is 2.43. The Kier molecular flexibility index (Phi) is 6.39. The van der Waals surface area contributed by atoms with E-state index in [4.69, 9.17) is 4.74 Å². The molecule has 1 aliphatic heterocycles. The highest BCUT2D eigenvalue weighted by molar-refractivity contribution is 6.52. The number of benzene rings is 2. The average molecular weight is 394 g/mol. The Morgan fingerprint density at radius 2 is 1.76 bits per heavy atom. The molecular weight excluding hydrogens is 372 g/mol. The number of unbranched alkanes of at least 4 members (excludes halogenated alkanes) is 1. The highest BCUT2D eigenvalue weighted by Gasteiger charge is 2.36. The van der Waals surface area contributed by atoms with Gasteiger partial charge in [-0.1, -0.05) is 37.6 Å². The molecule has 1 N–H and O–H groups in total. The summed E-state index contributed by atoms with van der Waals surface area (Å²) in [5, 5.41) is 2.65. The second kappa shape index (κ2) is 9.14. The maximum Gasteiger partial charge on any atom is 0.326 e. The molecule has 0 aromatic heterocycles. The Bertz CT molecular complexity index is 936. The monoisotopic (exact) mass is 394 g/mol. The molecule has 2 amide bonds. The third kappa shape index (κ3) is 4.87. The van der Waals surface area contributed by atoms with Gasteiger partial charge in [0.15, 0.2) is 6.61 Å². The van der Waals surface area contributed by atoms with Crippen molar-refractivity contribution in [3.8, 4) is 0 Å². The number of carbonyl (C=O) groups excluding carboxylic acids is 4. The number of amides is 2. The first-order valence-electron chi connectivity index (χ1n) is 9.49. The summed E-state index contributed by atoms with van der Waals surface area (Å²) < 4.78 is 4.96. The summed E-state index contributed by atoms with van der Waals surface area (Å²) in [6.45, 7) is 1.22. The molecule has 2 aromatic carbocycles. The van der Waals surface area contributed by atoms with Crippen LogP contribution in [0.2, 0.25) is 0 Å². The summed E-state index contributed by atoms with van der Waals surface area (Å²) in [4.78, 5) is 49.1. The fourth-order valence-corrected chi connectivity index (χ4v) is 3.06. The van der Waals surface area contributed by atoms with Crippen molar-refractivity contribution in [2.24, 2.45) is 0 Å². The number of esters is 1. The van der Waals surface area contributed by atoms with Crippen LogP contribution in [0.5, 0.6) is 0 Å². The van der Waals surface area contributed by atoms with Crippen LogP contribution in [-0.2, 0) is 25.5 Å². The van der Waals surface area contributed by atoms with E-state index in [1.165, 1.54) is 11.6 Å². The first-order valence-corrected chi connectivity index (χ1v) is 9.49.